The summed E-state index contributed by atoms with van der Waals surface area (Å²) < 4.78 is 1.79. The summed E-state index contributed by atoms with van der Waals surface area (Å²) in [6.07, 6.45) is 6.65. The first-order chi connectivity index (χ1) is 14.2. The smallest absolute Gasteiger partial charge is 0.257 e. The summed E-state index contributed by atoms with van der Waals surface area (Å²) in [5.41, 5.74) is 3.26. The van der Waals surface area contributed by atoms with E-state index < -0.39 is 0 Å². The van der Waals surface area contributed by atoms with Crippen molar-refractivity contribution in [1.82, 2.24) is 25.0 Å². The van der Waals surface area contributed by atoms with E-state index in [1.165, 1.54) is 0 Å². The molecule has 0 saturated carbocycles. The molecule has 1 unspecified atom stereocenters. The fourth-order valence-electron chi connectivity index (χ4n) is 3.88. The van der Waals surface area contributed by atoms with Gasteiger partial charge in [0.05, 0.1) is 29.2 Å². The molecule has 4 rings (SSSR count). The number of hydrogen-bond acceptors (Lipinski definition) is 4. The summed E-state index contributed by atoms with van der Waals surface area (Å²) in [6.45, 7) is 4.35. The summed E-state index contributed by atoms with van der Waals surface area (Å²) in [5, 5.41) is 8.04. The molecule has 0 spiro atoms. The van der Waals surface area contributed by atoms with Gasteiger partial charge in [-0.15, -0.1) is 0 Å². The molecule has 0 aliphatic carbocycles. The number of carbonyl (C=O) groups excluding carboxylic acids is 1. The lowest BCUT2D eigenvalue weighted by molar-refractivity contribution is 0.0641. The van der Waals surface area contributed by atoms with E-state index in [1.807, 2.05) is 66.6 Å². The van der Waals surface area contributed by atoms with Crippen LogP contribution in [-0.2, 0) is 6.54 Å². The summed E-state index contributed by atoms with van der Waals surface area (Å²) in [6, 6.07) is 15.9. The Morgan fingerprint density at radius 3 is 2.76 bits per heavy atom. The Bertz CT molecular complexity index is 930. The van der Waals surface area contributed by atoms with Crippen LogP contribution in [0, 0.1) is 6.92 Å². The topological polar surface area (TPSA) is 63.1 Å². The van der Waals surface area contributed by atoms with E-state index in [4.69, 9.17) is 0 Å². The molecule has 1 amide bonds. The predicted octanol–water partition coefficient (Wildman–Crippen LogP) is 3.36. The van der Waals surface area contributed by atoms with E-state index in [1.54, 1.807) is 10.9 Å². The number of pyridine rings is 1. The Labute approximate surface area is 171 Å². The lowest BCUT2D eigenvalue weighted by Gasteiger charge is -2.31. The van der Waals surface area contributed by atoms with Crippen molar-refractivity contribution in [2.75, 3.05) is 13.1 Å². The number of amides is 1. The second-order valence-corrected chi connectivity index (χ2v) is 7.50. The molecule has 1 aliphatic heterocycles. The number of aromatic nitrogens is 3. The minimum Gasteiger partial charge on any atom is -0.330 e. The first-order valence-corrected chi connectivity index (χ1v) is 10.3. The molecule has 150 valence electrons. The van der Waals surface area contributed by atoms with Crippen molar-refractivity contribution in [1.29, 1.82) is 0 Å². The number of nitrogens with zero attached hydrogens (tertiary/aromatic N) is 4. The minimum atomic E-state index is 0.0298. The zero-order valence-electron chi connectivity index (χ0n) is 16.8. The van der Waals surface area contributed by atoms with Crippen LogP contribution in [0.15, 0.2) is 60.9 Å². The maximum atomic E-state index is 13.7. The first kappa shape index (κ1) is 19.3. The van der Waals surface area contributed by atoms with Gasteiger partial charge in [0.2, 0.25) is 0 Å². The van der Waals surface area contributed by atoms with Crippen LogP contribution in [0.1, 0.15) is 41.0 Å². The highest BCUT2D eigenvalue weighted by Gasteiger charge is 2.28. The number of rotatable bonds is 5. The van der Waals surface area contributed by atoms with E-state index in [9.17, 15) is 4.79 Å². The van der Waals surface area contributed by atoms with Crippen LogP contribution < -0.4 is 5.32 Å². The highest BCUT2D eigenvalue weighted by Crippen LogP contribution is 2.21. The van der Waals surface area contributed by atoms with Gasteiger partial charge in [0, 0.05) is 18.4 Å². The third-order valence-electron chi connectivity index (χ3n) is 5.46. The summed E-state index contributed by atoms with van der Waals surface area (Å²) >= 11 is 0. The van der Waals surface area contributed by atoms with Crippen LogP contribution in [0.25, 0.3) is 5.69 Å². The molecule has 1 fully saturated rings. The fourth-order valence-corrected chi connectivity index (χ4v) is 3.88. The van der Waals surface area contributed by atoms with E-state index in [-0.39, 0.29) is 11.9 Å². The molecule has 3 aromatic rings. The molecular weight excluding hydrogens is 362 g/mol. The van der Waals surface area contributed by atoms with Crippen LogP contribution in [0.3, 0.4) is 0 Å². The third-order valence-corrected chi connectivity index (χ3v) is 5.46. The average Bonchev–Trinajstić information content (AvgIpc) is 2.97. The molecule has 6 nitrogen and oxygen atoms in total. The molecule has 2 aromatic heterocycles. The quantitative estimate of drug-likeness (QED) is 0.727. The molecule has 1 aliphatic rings. The second-order valence-electron chi connectivity index (χ2n) is 7.50. The standard InChI is InChI=1S/C23H27N5O/c1-18-22(17-28(26-18)21-9-3-2-4-10-21)23(29)27(16-19-8-5-6-14-25-19)20-11-7-13-24-15-12-20/h2-6,8-10,14,17,20,24H,7,11-13,15-16H2,1H3. The SMILES string of the molecule is Cc1nn(-c2ccccc2)cc1C(=O)N(Cc1ccccn1)C1CCCNCC1. The molecule has 1 atom stereocenters. The lowest BCUT2D eigenvalue weighted by atomic mass is 10.1. The number of para-hydroxylation sites is 1. The molecule has 0 radical (unpaired) electrons. The molecule has 1 saturated heterocycles. The van der Waals surface area contributed by atoms with Crippen molar-refractivity contribution >= 4 is 5.91 Å². The molecule has 3 heterocycles. The van der Waals surface area contributed by atoms with Gasteiger partial charge in [0.1, 0.15) is 0 Å². The highest BCUT2D eigenvalue weighted by atomic mass is 16.2. The largest absolute Gasteiger partial charge is 0.330 e. The van der Waals surface area contributed by atoms with Crippen molar-refractivity contribution in [3.05, 3.63) is 77.9 Å². The monoisotopic (exact) mass is 389 g/mol. The van der Waals surface area contributed by atoms with Gasteiger partial charge < -0.3 is 10.2 Å². The van der Waals surface area contributed by atoms with E-state index in [0.29, 0.717) is 12.1 Å². The van der Waals surface area contributed by atoms with Crippen LogP contribution in [0.2, 0.25) is 0 Å². The Balaban J connectivity index is 1.64. The van der Waals surface area contributed by atoms with Crippen molar-refractivity contribution < 1.29 is 4.79 Å². The Kier molecular flexibility index (Phi) is 6.00. The van der Waals surface area contributed by atoms with Crippen molar-refractivity contribution in [3.63, 3.8) is 0 Å². The fraction of sp³-hybridized carbons (Fsp3) is 0.348. The molecule has 1 N–H and O–H groups in total. The van der Waals surface area contributed by atoms with Gasteiger partial charge in [-0.3, -0.25) is 9.78 Å². The van der Waals surface area contributed by atoms with E-state index >= 15 is 0 Å². The van der Waals surface area contributed by atoms with E-state index in [2.05, 4.69) is 15.4 Å². The van der Waals surface area contributed by atoms with Crippen LogP contribution in [-0.4, -0.2) is 44.7 Å². The molecule has 0 bridgehead atoms. The third kappa shape index (κ3) is 4.54. The van der Waals surface area contributed by atoms with Gasteiger partial charge in [0.15, 0.2) is 0 Å². The van der Waals surface area contributed by atoms with Gasteiger partial charge in [-0.05, 0) is 63.5 Å². The lowest BCUT2D eigenvalue weighted by Crippen LogP contribution is -2.40. The zero-order chi connectivity index (χ0) is 20.1. The van der Waals surface area contributed by atoms with Crippen LogP contribution >= 0.6 is 0 Å². The van der Waals surface area contributed by atoms with Crippen molar-refractivity contribution in [2.45, 2.75) is 38.8 Å². The normalized spacial score (nSPS) is 16.9. The first-order valence-electron chi connectivity index (χ1n) is 10.3. The molecule has 1 aromatic carbocycles. The van der Waals surface area contributed by atoms with Gasteiger partial charge in [0.25, 0.3) is 5.91 Å². The van der Waals surface area contributed by atoms with Gasteiger partial charge in [-0.25, -0.2) is 4.68 Å². The predicted molar refractivity (Wildman–Crippen MR) is 113 cm³/mol. The number of aryl methyl sites for hydroxylation is 1. The van der Waals surface area contributed by atoms with Gasteiger partial charge >= 0.3 is 0 Å². The van der Waals surface area contributed by atoms with Gasteiger partial charge in [-0.2, -0.15) is 5.10 Å². The van der Waals surface area contributed by atoms with Crippen LogP contribution in [0.4, 0.5) is 0 Å². The van der Waals surface area contributed by atoms with E-state index in [0.717, 1.165) is 49.4 Å². The number of benzene rings is 1. The Morgan fingerprint density at radius 1 is 1.14 bits per heavy atom. The number of hydrogen-bond donors (Lipinski definition) is 1. The summed E-state index contributed by atoms with van der Waals surface area (Å²) in [5.74, 6) is 0.0298. The number of nitrogens with one attached hydrogen (secondary N) is 1. The Hall–Kier alpha value is -2.99. The molecule has 6 heteroatoms. The Morgan fingerprint density at radius 2 is 1.97 bits per heavy atom. The summed E-state index contributed by atoms with van der Waals surface area (Å²) in [7, 11) is 0. The average molecular weight is 390 g/mol. The summed E-state index contributed by atoms with van der Waals surface area (Å²) in [4.78, 5) is 20.1. The number of carbonyl (C=O) groups is 1. The van der Waals surface area contributed by atoms with Crippen molar-refractivity contribution in [3.8, 4) is 5.69 Å². The highest BCUT2D eigenvalue weighted by molar-refractivity contribution is 5.95. The van der Waals surface area contributed by atoms with Crippen LogP contribution in [0.5, 0.6) is 0 Å². The maximum Gasteiger partial charge on any atom is 0.257 e. The second kappa shape index (κ2) is 9.01. The molecule has 29 heavy (non-hydrogen) atoms. The van der Waals surface area contributed by atoms with Crippen molar-refractivity contribution in [2.24, 2.45) is 0 Å². The van der Waals surface area contributed by atoms with Gasteiger partial charge in [-0.1, -0.05) is 24.3 Å². The minimum absolute atomic E-state index is 0.0298. The molecular formula is C23H27N5O. The maximum absolute atomic E-state index is 13.7. The zero-order valence-corrected chi connectivity index (χ0v) is 16.8.